The van der Waals surface area contributed by atoms with Crippen molar-refractivity contribution < 1.29 is 46.5 Å². The molecule has 1 aromatic heterocycles. The van der Waals surface area contributed by atoms with Crippen LogP contribution in [0.3, 0.4) is 0 Å². The van der Waals surface area contributed by atoms with Gasteiger partial charge < -0.3 is 29.0 Å². The van der Waals surface area contributed by atoms with Gasteiger partial charge >= 0.3 is 12.1 Å². The quantitative estimate of drug-likeness (QED) is 0.104. The molecule has 0 spiro atoms. The van der Waals surface area contributed by atoms with E-state index in [1.54, 1.807) is 57.2 Å². The third-order valence-electron chi connectivity index (χ3n) is 12.1. The fourth-order valence-corrected chi connectivity index (χ4v) is 11.3. The number of sulfonamides is 1. The standard InChI is InChI=1S/C54H47Cl2N5O10S2/c1-54(2,3)71-53(64)60-52-59-43-20-18-40(26-49(43)72-52)73(65,66)61-28-38-25-47-46(69-30-48(70-47)36-14-16-39(17-15-36)68-29-33-9-19-41(55)42(56)21-33)24-37(38)23-45(61)50(62)58-44(51(63)67-4)22-31-5-10-34(11-6-31)35-12-7-32(27-57)8-13-35/h5-21,24-26,44-45,48H,22-23,28-30H2,1-4H3,(H,58,62)(H,59,60,64)/t44?,45-,48+/m0/s1. The molecule has 0 bridgehead atoms. The summed E-state index contributed by atoms with van der Waals surface area (Å²) in [5.41, 5.74) is 5.59. The van der Waals surface area contributed by atoms with E-state index in [9.17, 15) is 19.6 Å². The Labute approximate surface area is 435 Å². The molecule has 73 heavy (non-hydrogen) atoms. The van der Waals surface area contributed by atoms with Gasteiger partial charge in [0.1, 0.15) is 36.6 Å². The predicted octanol–water partition coefficient (Wildman–Crippen LogP) is 10.6. The summed E-state index contributed by atoms with van der Waals surface area (Å²) in [5.74, 6) is 0.000644. The zero-order chi connectivity index (χ0) is 51.6. The minimum atomic E-state index is -4.48. The number of anilines is 1. The Morgan fingerprint density at radius 1 is 0.877 bits per heavy atom. The molecule has 374 valence electrons. The van der Waals surface area contributed by atoms with Crippen LogP contribution in [0.4, 0.5) is 9.93 Å². The van der Waals surface area contributed by atoms with E-state index in [2.05, 4.69) is 21.7 Å². The zero-order valence-electron chi connectivity index (χ0n) is 39.8. The highest BCUT2D eigenvalue weighted by molar-refractivity contribution is 7.89. The van der Waals surface area contributed by atoms with E-state index < -0.39 is 51.8 Å². The molecule has 9 rings (SSSR count). The highest BCUT2D eigenvalue weighted by Gasteiger charge is 2.42. The van der Waals surface area contributed by atoms with E-state index in [0.717, 1.165) is 37.9 Å². The molecule has 0 saturated heterocycles. The smallest absolute Gasteiger partial charge is 0.413 e. The predicted molar refractivity (Wildman–Crippen MR) is 276 cm³/mol. The van der Waals surface area contributed by atoms with Crippen molar-refractivity contribution in [3.8, 4) is 34.4 Å². The first kappa shape index (κ1) is 50.7. The minimum absolute atomic E-state index is 0.0398. The second-order valence-electron chi connectivity index (χ2n) is 18.3. The number of fused-ring (bicyclic) bond motifs is 3. The molecule has 6 aromatic carbocycles. The van der Waals surface area contributed by atoms with Gasteiger partial charge in [-0.15, -0.1) is 0 Å². The zero-order valence-corrected chi connectivity index (χ0v) is 43.0. The summed E-state index contributed by atoms with van der Waals surface area (Å²) in [6.07, 6.45) is -1.27. The number of nitrogens with one attached hydrogen (secondary N) is 2. The lowest BCUT2D eigenvalue weighted by molar-refractivity contribution is -0.145. The largest absolute Gasteiger partial charge is 0.489 e. The number of aromatic nitrogens is 1. The third-order valence-corrected chi connectivity index (χ3v) is 15.6. The maximum absolute atomic E-state index is 15.0. The second kappa shape index (κ2) is 21.1. The van der Waals surface area contributed by atoms with Crippen LogP contribution in [0, 0.1) is 11.3 Å². The first-order valence-corrected chi connectivity index (χ1v) is 26.0. The van der Waals surface area contributed by atoms with Crippen molar-refractivity contribution >= 4 is 77.9 Å². The van der Waals surface area contributed by atoms with Crippen molar-refractivity contribution in [2.75, 3.05) is 19.0 Å². The van der Waals surface area contributed by atoms with E-state index >= 15 is 8.42 Å². The lowest BCUT2D eigenvalue weighted by Gasteiger charge is -2.37. The first-order valence-electron chi connectivity index (χ1n) is 22.9. The molecular weight excluding hydrogens is 1010 g/mol. The number of amides is 2. The van der Waals surface area contributed by atoms with E-state index in [1.165, 1.54) is 25.3 Å². The summed E-state index contributed by atoms with van der Waals surface area (Å²) in [4.78, 5) is 45.0. The monoisotopic (exact) mass is 1060 g/mol. The molecule has 2 aliphatic heterocycles. The number of hydrogen-bond acceptors (Lipinski definition) is 13. The Balaban J connectivity index is 0.978. The van der Waals surface area contributed by atoms with Gasteiger partial charge in [-0.2, -0.15) is 9.57 Å². The van der Waals surface area contributed by atoms with Crippen molar-refractivity contribution in [3.63, 3.8) is 0 Å². The van der Waals surface area contributed by atoms with E-state index in [4.69, 9.17) is 46.9 Å². The van der Waals surface area contributed by atoms with Crippen molar-refractivity contribution in [1.82, 2.24) is 14.6 Å². The van der Waals surface area contributed by atoms with E-state index in [1.807, 2.05) is 66.7 Å². The molecule has 0 radical (unpaired) electrons. The van der Waals surface area contributed by atoms with Gasteiger partial charge in [0, 0.05) is 13.0 Å². The molecule has 15 nitrogen and oxygen atoms in total. The van der Waals surface area contributed by atoms with Gasteiger partial charge in [0.2, 0.25) is 15.9 Å². The fourth-order valence-electron chi connectivity index (χ4n) is 8.40. The van der Waals surface area contributed by atoms with Crippen LogP contribution in [-0.2, 0) is 55.1 Å². The Morgan fingerprint density at radius 3 is 2.26 bits per heavy atom. The lowest BCUT2D eigenvalue weighted by Crippen LogP contribution is -2.56. The first-order chi connectivity index (χ1) is 34.9. The van der Waals surface area contributed by atoms with Gasteiger partial charge in [0.25, 0.3) is 0 Å². The summed E-state index contributed by atoms with van der Waals surface area (Å²) in [6.45, 7) is 5.40. The van der Waals surface area contributed by atoms with Gasteiger partial charge in [-0.05, 0) is 133 Å². The third kappa shape index (κ3) is 11.7. The Hall–Kier alpha value is -7.20. The van der Waals surface area contributed by atoms with Crippen molar-refractivity contribution in [2.24, 2.45) is 0 Å². The Kier molecular flexibility index (Phi) is 14.7. The molecule has 0 aliphatic carbocycles. The number of halogens is 2. The van der Waals surface area contributed by atoms with Gasteiger partial charge in [0.15, 0.2) is 22.7 Å². The number of rotatable bonds is 13. The molecule has 3 heterocycles. The van der Waals surface area contributed by atoms with Crippen LogP contribution in [0.25, 0.3) is 21.3 Å². The van der Waals surface area contributed by atoms with Crippen LogP contribution in [0.1, 0.15) is 60.3 Å². The fraction of sp³-hybridized carbons (Fsp3) is 0.241. The summed E-state index contributed by atoms with van der Waals surface area (Å²) >= 11 is 13.3. The normalized spacial score (nSPS) is 15.8. The summed E-state index contributed by atoms with van der Waals surface area (Å²) in [6, 6.07) is 34.7. The van der Waals surface area contributed by atoms with Crippen LogP contribution in [0.5, 0.6) is 17.2 Å². The van der Waals surface area contributed by atoms with Gasteiger partial charge in [0.05, 0.1) is 43.9 Å². The van der Waals surface area contributed by atoms with Gasteiger partial charge in [-0.1, -0.05) is 89.1 Å². The van der Waals surface area contributed by atoms with Crippen molar-refractivity contribution in [2.45, 2.75) is 75.4 Å². The number of carbonyl (C=O) groups is 3. The topological polar surface area (TPSA) is 195 Å². The summed E-state index contributed by atoms with van der Waals surface area (Å²) in [5, 5.41) is 15.7. The van der Waals surface area contributed by atoms with Crippen molar-refractivity contribution in [1.29, 1.82) is 5.26 Å². The SMILES string of the molecule is COC(=O)C(Cc1ccc(-c2ccc(C#N)cc2)cc1)NC(=O)[C@@H]1Cc2cc3c(cc2CN1S(=O)(=O)c1ccc2nc(NC(=O)OC(C)(C)C)sc2c1)O[C@@H](c1ccc(OCc2ccc(Cl)c(Cl)c2)cc1)CO3. The molecule has 19 heteroatoms. The number of nitriles is 1. The van der Waals surface area contributed by atoms with Crippen LogP contribution in [0.2, 0.25) is 10.0 Å². The average molecular weight is 1060 g/mol. The number of ether oxygens (including phenoxy) is 5. The number of methoxy groups -OCH3 is 1. The lowest BCUT2D eigenvalue weighted by atomic mass is 9.93. The highest BCUT2D eigenvalue weighted by Crippen LogP contribution is 2.42. The Bertz CT molecular complexity index is 3400. The molecule has 1 unspecified atom stereocenters. The summed E-state index contributed by atoms with van der Waals surface area (Å²) in [7, 11) is -3.27. The van der Waals surface area contributed by atoms with Crippen LogP contribution in [0.15, 0.2) is 126 Å². The van der Waals surface area contributed by atoms with Gasteiger partial charge in [-0.3, -0.25) is 10.1 Å². The minimum Gasteiger partial charge on any atom is -0.489 e. The summed E-state index contributed by atoms with van der Waals surface area (Å²) < 4.78 is 60.9. The van der Waals surface area contributed by atoms with Crippen LogP contribution >= 0.6 is 34.5 Å². The Morgan fingerprint density at radius 2 is 1.58 bits per heavy atom. The second-order valence-corrected chi connectivity index (χ2v) is 22.0. The molecule has 0 saturated carbocycles. The number of nitrogens with zero attached hydrogens (tertiary/aromatic N) is 3. The number of thiazole rings is 1. The van der Waals surface area contributed by atoms with Crippen LogP contribution < -0.4 is 24.8 Å². The maximum Gasteiger partial charge on any atom is 0.413 e. The molecular formula is C54H47Cl2N5O10S2. The highest BCUT2D eigenvalue weighted by atomic mass is 35.5. The number of hydrogen-bond donors (Lipinski definition) is 2. The molecule has 2 amide bonds. The van der Waals surface area contributed by atoms with E-state index in [-0.39, 0.29) is 42.6 Å². The van der Waals surface area contributed by atoms with Gasteiger partial charge in [-0.25, -0.2) is 23.0 Å². The molecule has 2 aliphatic rings. The maximum atomic E-state index is 15.0. The number of carbonyl (C=O) groups excluding carboxylic acids is 3. The average Bonchev–Trinajstić information content (AvgIpc) is 3.78. The number of esters is 1. The molecule has 7 aromatic rings. The number of benzene rings is 6. The van der Waals surface area contributed by atoms with Crippen molar-refractivity contribution in [3.05, 3.63) is 165 Å². The molecule has 3 atom stereocenters. The molecule has 2 N–H and O–H groups in total. The van der Waals surface area contributed by atoms with Crippen LogP contribution in [-0.4, -0.2) is 67.1 Å². The molecule has 0 fully saturated rings. The van der Waals surface area contributed by atoms with E-state index in [0.29, 0.717) is 59.8 Å².